The van der Waals surface area contributed by atoms with Crippen molar-refractivity contribution in [3.63, 3.8) is 0 Å². The maximum absolute atomic E-state index is 11.9. The molecule has 0 heterocycles. The third-order valence-corrected chi connectivity index (χ3v) is 3.05. The highest BCUT2D eigenvalue weighted by molar-refractivity contribution is 5.80. The Kier molecular flexibility index (Phi) is 6.52. The molecule has 1 unspecified atom stereocenters. The van der Waals surface area contributed by atoms with Crippen molar-refractivity contribution in [2.75, 3.05) is 20.6 Å². The summed E-state index contributed by atoms with van der Waals surface area (Å²) in [6, 6.07) is 6.05. The standard InChI is InChI=1S/C16H26N2O2/c1-6-9-17-11-14-10-12(2)7-8-15(14)20-13(3)16(19)18(4)5/h7-8,10,13,17H,6,9,11H2,1-5H3. The molecule has 0 bridgehead atoms. The molecule has 4 nitrogen and oxygen atoms in total. The van der Waals surface area contributed by atoms with Crippen molar-refractivity contribution in [2.24, 2.45) is 0 Å². The van der Waals surface area contributed by atoms with Crippen molar-refractivity contribution in [2.45, 2.75) is 39.8 Å². The van der Waals surface area contributed by atoms with Crippen molar-refractivity contribution < 1.29 is 9.53 Å². The Balaban J connectivity index is 2.80. The van der Waals surface area contributed by atoms with Crippen LogP contribution in [0, 0.1) is 6.92 Å². The summed E-state index contributed by atoms with van der Waals surface area (Å²) in [5.74, 6) is 0.750. The highest BCUT2D eigenvalue weighted by Crippen LogP contribution is 2.21. The Morgan fingerprint density at radius 3 is 2.70 bits per heavy atom. The minimum atomic E-state index is -0.474. The van der Waals surface area contributed by atoms with Crippen LogP contribution in [0.1, 0.15) is 31.4 Å². The van der Waals surface area contributed by atoms with Gasteiger partial charge in [-0.05, 0) is 32.9 Å². The highest BCUT2D eigenvalue weighted by Gasteiger charge is 2.17. The molecule has 0 aliphatic carbocycles. The van der Waals surface area contributed by atoms with Crippen LogP contribution in [-0.2, 0) is 11.3 Å². The lowest BCUT2D eigenvalue weighted by molar-refractivity contribution is -0.135. The number of nitrogens with one attached hydrogen (secondary N) is 1. The van der Waals surface area contributed by atoms with Crippen LogP contribution in [0.3, 0.4) is 0 Å². The van der Waals surface area contributed by atoms with Gasteiger partial charge >= 0.3 is 0 Å². The number of aryl methyl sites for hydroxylation is 1. The molecular weight excluding hydrogens is 252 g/mol. The number of hydrogen-bond acceptors (Lipinski definition) is 3. The predicted octanol–water partition coefficient (Wildman–Crippen LogP) is 2.35. The van der Waals surface area contributed by atoms with Gasteiger partial charge in [0.15, 0.2) is 6.10 Å². The number of amides is 1. The zero-order chi connectivity index (χ0) is 15.1. The summed E-state index contributed by atoms with van der Waals surface area (Å²) in [5.41, 5.74) is 2.29. The summed E-state index contributed by atoms with van der Waals surface area (Å²) in [6.07, 6.45) is 0.620. The van der Waals surface area contributed by atoms with Gasteiger partial charge in [-0.15, -0.1) is 0 Å². The third kappa shape index (κ3) is 4.85. The summed E-state index contributed by atoms with van der Waals surface area (Å²) in [7, 11) is 3.47. The SMILES string of the molecule is CCCNCc1cc(C)ccc1OC(C)C(=O)N(C)C. The van der Waals surface area contributed by atoms with Gasteiger partial charge < -0.3 is 15.0 Å². The van der Waals surface area contributed by atoms with E-state index in [4.69, 9.17) is 4.74 Å². The van der Waals surface area contributed by atoms with Crippen LogP contribution in [0.4, 0.5) is 0 Å². The fourth-order valence-electron chi connectivity index (χ4n) is 1.97. The van der Waals surface area contributed by atoms with Crippen LogP contribution in [0.15, 0.2) is 18.2 Å². The molecule has 0 spiro atoms. The Hall–Kier alpha value is -1.55. The first-order valence-electron chi connectivity index (χ1n) is 7.13. The third-order valence-electron chi connectivity index (χ3n) is 3.05. The van der Waals surface area contributed by atoms with Crippen LogP contribution < -0.4 is 10.1 Å². The van der Waals surface area contributed by atoms with E-state index in [1.165, 1.54) is 5.56 Å². The van der Waals surface area contributed by atoms with Crippen molar-refractivity contribution >= 4 is 5.91 Å². The monoisotopic (exact) mass is 278 g/mol. The van der Waals surface area contributed by atoms with E-state index in [0.29, 0.717) is 0 Å². The summed E-state index contributed by atoms with van der Waals surface area (Å²) in [5, 5.41) is 3.37. The lowest BCUT2D eigenvalue weighted by Gasteiger charge is -2.20. The predicted molar refractivity (Wildman–Crippen MR) is 82.0 cm³/mol. The number of rotatable bonds is 7. The summed E-state index contributed by atoms with van der Waals surface area (Å²) in [4.78, 5) is 13.4. The second-order valence-corrected chi connectivity index (χ2v) is 5.28. The van der Waals surface area contributed by atoms with Gasteiger partial charge in [-0.3, -0.25) is 4.79 Å². The molecule has 0 aliphatic heterocycles. The number of ether oxygens (including phenoxy) is 1. The molecule has 1 amide bonds. The molecule has 0 aliphatic rings. The number of carbonyl (C=O) groups is 1. The van der Waals surface area contributed by atoms with Gasteiger partial charge in [0.25, 0.3) is 5.91 Å². The minimum absolute atomic E-state index is 0.0296. The lowest BCUT2D eigenvalue weighted by Crippen LogP contribution is -2.35. The smallest absolute Gasteiger partial charge is 0.262 e. The molecule has 0 aromatic heterocycles. The van der Waals surface area contributed by atoms with Gasteiger partial charge in [-0.25, -0.2) is 0 Å². The number of benzene rings is 1. The van der Waals surface area contributed by atoms with Crippen molar-refractivity contribution in [1.82, 2.24) is 10.2 Å². The molecule has 0 fully saturated rings. The Morgan fingerprint density at radius 1 is 1.40 bits per heavy atom. The maximum atomic E-state index is 11.9. The van der Waals surface area contributed by atoms with Crippen molar-refractivity contribution in [3.05, 3.63) is 29.3 Å². The van der Waals surface area contributed by atoms with Gasteiger partial charge in [-0.1, -0.05) is 24.6 Å². The van der Waals surface area contributed by atoms with Crippen LogP contribution in [0.5, 0.6) is 5.75 Å². The molecule has 0 radical (unpaired) electrons. The van der Waals surface area contributed by atoms with Gasteiger partial charge in [0.05, 0.1) is 0 Å². The highest BCUT2D eigenvalue weighted by atomic mass is 16.5. The molecule has 0 saturated heterocycles. The number of carbonyl (C=O) groups excluding carboxylic acids is 1. The Bertz CT molecular complexity index is 444. The second kappa shape index (κ2) is 7.90. The van der Waals surface area contributed by atoms with Gasteiger partial charge in [-0.2, -0.15) is 0 Å². The zero-order valence-electron chi connectivity index (χ0n) is 13.2. The van der Waals surface area contributed by atoms with E-state index in [1.54, 1.807) is 25.9 Å². The van der Waals surface area contributed by atoms with E-state index < -0.39 is 6.10 Å². The molecule has 112 valence electrons. The first-order chi connectivity index (χ1) is 9.45. The molecule has 1 aromatic carbocycles. The topological polar surface area (TPSA) is 41.6 Å². The van der Waals surface area contributed by atoms with E-state index >= 15 is 0 Å². The maximum Gasteiger partial charge on any atom is 0.262 e. The molecule has 1 atom stereocenters. The summed E-state index contributed by atoms with van der Waals surface area (Å²) >= 11 is 0. The van der Waals surface area contributed by atoms with E-state index in [2.05, 4.69) is 25.2 Å². The number of nitrogens with zero attached hydrogens (tertiary/aromatic N) is 1. The molecule has 1 rings (SSSR count). The van der Waals surface area contributed by atoms with Crippen molar-refractivity contribution in [3.8, 4) is 5.75 Å². The fourth-order valence-corrected chi connectivity index (χ4v) is 1.97. The molecular formula is C16H26N2O2. The van der Waals surface area contributed by atoms with Gasteiger partial charge in [0.1, 0.15) is 5.75 Å². The molecule has 4 heteroatoms. The Morgan fingerprint density at radius 2 is 2.10 bits per heavy atom. The normalized spacial score (nSPS) is 12.1. The first kappa shape index (κ1) is 16.5. The number of likely N-dealkylation sites (N-methyl/N-ethyl adjacent to an activating group) is 1. The zero-order valence-corrected chi connectivity index (χ0v) is 13.2. The second-order valence-electron chi connectivity index (χ2n) is 5.28. The van der Waals surface area contributed by atoms with E-state index in [-0.39, 0.29) is 5.91 Å². The average Bonchev–Trinajstić information content (AvgIpc) is 2.40. The van der Waals surface area contributed by atoms with Crippen LogP contribution in [0.25, 0.3) is 0 Å². The summed E-state index contributed by atoms with van der Waals surface area (Å²) < 4.78 is 5.82. The average molecular weight is 278 g/mol. The molecule has 1 N–H and O–H groups in total. The van der Waals surface area contributed by atoms with E-state index in [0.717, 1.165) is 30.8 Å². The van der Waals surface area contributed by atoms with Gasteiger partial charge in [0, 0.05) is 26.2 Å². The molecule has 1 aromatic rings. The molecule has 0 saturated carbocycles. The lowest BCUT2D eigenvalue weighted by atomic mass is 10.1. The van der Waals surface area contributed by atoms with Crippen LogP contribution in [-0.4, -0.2) is 37.6 Å². The quantitative estimate of drug-likeness (QED) is 0.778. The van der Waals surface area contributed by atoms with Crippen molar-refractivity contribution in [1.29, 1.82) is 0 Å². The first-order valence-corrected chi connectivity index (χ1v) is 7.13. The largest absolute Gasteiger partial charge is 0.481 e. The Labute approximate surface area is 122 Å². The van der Waals surface area contributed by atoms with Crippen LogP contribution >= 0.6 is 0 Å². The van der Waals surface area contributed by atoms with Crippen LogP contribution in [0.2, 0.25) is 0 Å². The number of hydrogen-bond donors (Lipinski definition) is 1. The van der Waals surface area contributed by atoms with Gasteiger partial charge in [0.2, 0.25) is 0 Å². The molecule has 20 heavy (non-hydrogen) atoms. The summed E-state index contributed by atoms with van der Waals surface area (Å²) in [6.45, 7) is 7.71. The minimum Gasteiger partial charge on any atom is -0.481 e. The van der Waals surface area contributed by atoms with E-state index in [9.17, 15) is 4.79 Å². The van der Waals surface area contributed by atoms with E-state index in [1.807, 2.05) is 12.1 Å². The fraction of sp³-hybridized carbons (Fsp3) is 0.562.